The van der Waals surface area contributed by atoms with Crippen molar-refractivity contribution in [3.05, 3.63) is 89.1 Å². The maximum atomic E-state index is 12.5. The zero-order valence-corrected chi connectivity index (χ0v) is 19.8. The second kappa shape index (κ2) is 11.1. The van der Waals surface area contributed by atoms with Gasteiger partial charge in [-0.3, -0.25) is 9.78 Å². The number of aliphatic hydroxyl groups excluding tert-OH is 1. The summed E-state index contributed by atoms with van der Waals surface area (Å²) in [7, 11) is 0. The Morgan fingerprint density at radius 3 is 2.59 bits per heavy atom. The van der Waals surface area contributed by atoms with E-state index in [2.05, 4.69) is 10.3 Å². The number of aryl methyl sites for hydroxylation is 1. The highest BCUT2D eigenvalue weighted by Gasteiger charge is 2.12. The molecule has 4 rings (SSSR count). The first-order valence-electron chi connectivity index (χ1n) is 11.4. The summed E-state index contributed by atoms with van der Waals surface area (Å²) in [6, 6.07) is 20.8. The third-order valence-corrected chi connectivity index (χ3v) is 5.92. The van der Waals surface area contributed by atoms with Crippen LogP contribution in [0.2, 0.25) is 5.02 Å². The molecule has 1 aromatic heterocycles. The number of para-hydroxylation sites is 1. The Morgan fingerprint density at radius 1 is 1.00 bits per heavy atom. The first-order chi connectivity index (χ1) is 16.6. The van der Waals surface area contributed by atoms with E-state index in [1.54, 1.807) is 12.1 Å². The molecule has 1 heterocycles. The van der Waals surface area contributed by atoms with E-state index in [-0.39, 0.29) is 12.5 Å². The van der Waals surface area contributed by atoms with E-state index < -0.39 is 0 Å². The zero-order chi connectivity index (χ0) is 23.9. The van der Waals surface area contributed by atoms with Gasteiger partial charge in [0.1, 0.15) is 11.5 Å². The van der Waals surface area contributed by atoms with Gasteiger partial charge in [0, 0.05) is 30.3 Å². The van der Waals surface area contributed by atoms with Crippen molar-refractivity contribution in [1.82, 2.24) is 10.3 Å². The Labute approximate surface area is 204 Å². The van der Waals surface area contributed by atoms with E-state index in [0.29, 0.717) is 28.6 Å². The van der Waals surface area contributed by atoms with Crippen molar-refractivity contribution in [2.24, 2.45) is 0 Å². The fraction of sp³-hybridized carbons (Fsp3) is 0.214. The van der Waals surface area contributed by atoms with Crippen molar-refractivity contribution in [3.8, 4) is 22.6 Å². The number of benzene rings is 3. The van der Waals surface area contributed by atoms with Crippen molar-refractivity contribution in [2.45, 2.75) is 26.2 Å². The van der Waals surface area contributed by atoms with Crippen LogP contribution in [0.5, 0.6) is 11.5 Å². The molecule has 2 N–H and O–H groups in total. The number of carbonyl (C=O) groups excluding carboxylic acids is 1. The van der Waals surface area contributed by atoms with Crippen LogP contribution in [0.25, 0.3) is 22.0 Å². The molecule has 0 aliphatic rings. The molecule has 0 unspecified atom stereocenters. The average Bonchev–Trinajstić information content (AvgIpc) is 2.84. The molecule has 3 aromatic carbocycles. The number of nitrogens with one attached hydrogen (secondary N) is 1. The van der Waals surface area contributed by atoms with Gasteiger partial charge in [-0.05, 0) is 79.3 Å². The van der Waals surface area contributed by atoms with E-state index in [1.807, 2.05) is 67.7 Å². The highest BCUT2D eigenvalue weighted by Crippen LogP contribution is 2.35. The standard InChI is InChI=1S/C28H27ClN2O3/c1-19-18-31-27-24(12-7-13-25(27)29)26(19)20-8-5-10-22(16-20)34-23-11-6-9-21(17-23)28(33)30-14-3-2-4-15-32/h5-13,16-18,32H,2-4,14-15H2,1H3,(H,30,33). The van der Waals surface area contributed by atoms with Gasteiger partial charge in [0.15, 0.2) is 0 Å². The van der Waals surface area contributed by atoms with Crippen LogP contribution >= 0.6 is 11.6 Å². The maximum absolute atomic E-state index is 12.5. The summed E-state index contributed by atoms with van der Waals surface area (Å²) in [6.07, 6.45) is 4.31. The summed E-state index contributed by atoms with van der Waals surface area (Å²) in [5.74, 6) is 1.12. The minimum atomic E-state index is -0.140. The fourth-order valence-corrected chi connectivity index (χ4v) is 4.16. The lowest BCUT2D eigenvalue weighted by molar-refractivity contribution is 0.0952. The molecule has 34 heavy (non-hydrogen) atoms. The third kappa shape index (κ3) is 5.56. The van der Waals surface area contributed by atoms with Gasteiger partial charge in [-0.1, -0.05) is 41.9 Å². The van der Waals surface area contributed by atoms with Gasteiger partial charge in [-0.25, -0.2) is 0 Å². The molecule has 0 spiro atoms. The fourth-order valence-electron chi connectivity index (χ4n) is 3.94. The van der Waals surface area contributed by atoms with Crippen LogP contribution in [-0.2, 0) is 0 Å². The Kier molecular flexibility index (Phi) is 7.78. The molecule has 0 radical (unpaired) electrons. The van der Waals surface area contributed by atoms with Crippen LogP contribution in [0.1, 0.15) is 35.2 Å². The predicted molar refractivity (Wildman–Crippen MR) is 137 cm³/mol. The highest BCUT2D eigenvalue weighted by atomic mass is 35.5. The van der Waals surface area contributed by atoms with Gasteiger partial charge in [-0.15, -0.1) is 0 Å². The molecule has 6 heteroatoms. The largest absolute Gasteiger partial charge is 0.457 e. The number of nitrogens with zero attached hydrogens (tertiary/aromatic N) is 1. The lowest BCUT2D eigenvalue weighted by atomic mass is 9.97. The summed E-state index contributed by atoms with van der Waals surface area (Å²) in [5.41, 5.74) is 4.42. The molecule has 0 aliphatic carbocycles. The second-order valence-electron chi connectivity index (χ2n) is 8.15. The molecule has 0 saturated carbocycles. The highest BCUT2D eigenvalue weighted by molar-refractivity contribution is 6.35. The Morgan fingerprint density at radius 2 is 1.76 bits per heavy atom. The summed E-state index contributed by atoms with van der Waals surface area (Å²) in [4.78, 5) is 17.0. The number of fused-ring (bicyclic) bond motifs is 1. The van der Waals surface area contributed by atoms with Gasteiger partial charge >= 0.3 is 0 Å². The summed E-state index contributed by atoms with van der Waals surface area (Å²) < 4.78 is 6.12. The minimum absolute atomic E-state index is 0.140. The third-order valence-electron chi connectivity index (χ3n) is 5.61. The maximum Gasteiger partial charge on any atom is 0.251 e. The summed E-state index contributed by atoms with van der Waals surface area (Å²) in [6.45, 7) is 2.79. The van der Waals surface area contributed by atoms with E-state index in [4.69, 9.17) is 21.4 Å². The summed E-state index contributed by atoms with van der Waals surface area (Å²) >= 11 is 6.37. The van der Waals surface area contributed by atoms with Gasteiger partial charge in [0.25, 0.3) is 5.91 Å². The van der Waals surface area contributed by atoms with E-state index in [9.17, 15) is 4.79 Å². The van der Waals surface area contributed by atoms with Gasteiger partial charge < -0.3 is 15.2 Å². The van der Waals surface area contributed by atoms with E-state index >= 15 is 0 Å². The second-order valence-corrected chi connectivity index (χ2v) is 8.56. The van der Waals surface area contributed by atoms with E-state index in [0.717, 1.165) is 46.9 Å². The smallest absolute Gasteiger partial charge is 0.251 e. The SMILES string of the molecule is Cc1cnc2c(Cl)cccc2c1-c1cccc(Oc2cccc(C(=O)NCCCCCO)c2)c1. The number of aliphatic hydroxyl groups is 1. The molecule has 0 atom stereocenters. The number of hydrogen-bond donors (Lipinski definition) is 2. The number of pyridine rings is 1. The number of aromatic nitrogens is 1. The monoisotopic (exact) mass is 474 g/mol. The van der Waals surface area contributed by atoms with Crippen molar-refractivity contribution in [2.75, 3.05) is 13.2 Å². The van der Waals surface area contributed by atoms with Crippen LogP contribution in [-0.4, -0.2) is 29.1 Å². The van der Waals surface area contributed by atoms with Gasteiger partial charge in [0.05, 0.1) is 10.5 Å². The van der Waals surface area contributed by atoms with Crippen LogP contribution in [0.15, 0.2) is 72.9 Å². The first-order valence-corrected chi connectivity index (χ1v) is 11.8. The molecule has 0 fully saturated rings. The molecular formula is C28H27ClN2O3. The van der Waals surface area contributed by atoms with Gasteiger partial charge in [-0.2, -0.15) is 0 Å². The van der Waals surface area contributed by atoms with Gasteiger partial charge in [0.2, 0.25) is 0 Å². The number of hydrogen-bond acceptors (Lipinski definition) is 4. The molecule has 1 amide bonds. The molecule has 174 valence electrons. The zero-order valence-electron chi connectivity index (χ0n) is 19.1. The van der Waals surface area contributed by atoms with Crippen molar-refractivity contribution in [1.29, 1.82) is 0 Å². The first kappa shape index (κ1) is 23.7. The molecule has 4 aromatic rings. The molecule has 0 aliphatic heterocycles. The lowest BCUT2D eigenvalue weighted by Gasteiger charge is -2.13. The van der Waals surface area contributed by atoms with E-state index in [1.165, 1.54) is 0 Å². The molecule has 5 nitrogen and oxygen atoms in total. The molecular weight excluding hydrogens is 448 g/mol. The van der Waals surface area contributed by atoms with Crippen molar-refractivity contribution < 1.29 is 14.6 Å². The number of unbranched alkanes of at least 4 members (excludes halogenated alkanes) is 2. The summed E-state index contributed by atoms with van der Waals surface area (Å²) in [5, 5.41) is 13.4. The normalized spacial score (nSPS) is 10.9. The van der Waals surface area contributed by atoms with Crippen LogP contribution in [0.3, 0.4) is 0 Å². The number of halogens is 1. The lowest BCUT2D eigenvalue weighted by Crippen LogP contribution is -2.24. The van der Waals surface area contributed by atoms with Crippen LogP contribution in [0.4, 0.5) is 0 Å². The van der Waals surface area contributed by atoms with Crippen LogP contribution in [0, 0.1) is 6.92 Å². The predicted octanol–water partition coefficient (Wildman–Crippen LogP) is 6.55. The number of carbonyl (C=O) groups is 1. The quantitative estimate of drug-likeness (QED) is 0.270. The number of ether oxygens (including phenoxy) is 1. The number of amides is 1. The topological polar surface area (TPSA) is 71.5 Å². The Hall–Kier alpha value is -3.41. The molecule has 0 saturated heterocycles. The Balaban J connectivity index is 1.54. The minimum Gasteiger partial charge on any atom is -0.457 e. The molecule has 0 bridgehead atoms. The average molecular weight is 475 g/mol. The Bertz CT molecular complexity index is 1310. The van der Waals surface area contributed by atoms with Crippen molar-refractivity contribution in [3.63, 3.8) is 0 Å². The number of rotatable bonds is 9. The van der Waals surface area contributed by atoms with Crippen LogP contribution < -0.4 is 10.1 Å². The van der Waals surface area contributed by atoms with Crippen molar-refractivity contribution >= 4 is 28.4 Å².